The van der Waals surface area contributed by atoms with Crippen LogP contribution < -0.4 is 20.5 Å². The zero-order chi connectivity index (χ0) is 14.4. The second kappa shape index (κ2) is 7.39. The highest BCUT2D eigenvalue weighted by molar-refractivity contribution is 5.60. The highest BCUT2D eigenvalue weighted by atomic mass is 16.5. The third kappa shape index (κ3) is 4.04. The van der Waals surface area contributed by atoms with Crippen molar-refractivity contribution in [2.75, 3.05) is 18.5 Å². The Hall–Kier alpha value is -1.42. The van der Waals surface area contributed by atoms with Crippen molar-refractivity contribution in [2.45, 2.75) is 51.6 Å². The molecule has 1 aliphatic rings. The molecular formula is C16H26N2O2. The second-order valence-electron chi connectivity index (χ2n) is 5.29. The number of rotatable bonds is 6. The van der Waals surface area contributed by atoms with E-state index in [0.29, 0.717) is 25.3 Å². The van der Waals surface area contributed by atoms with Crippen LogP contribution in [-0.4, -0.2) is 25.3 Å². The molecule has 3 N–H and O–H groups in total. The lowest BCUT2D eigenvalue weighted by Crippen LogP contribution is -2.35. The van der Waals surface area contributed by atoms with Crippen LogP contribution in [0.3, 0.4) is 0 Å². The summed E-state index contributed by atoms with van der Waals surface area (Å²) < 4.78 is 11.3. The zero-order valence-corrected chi connectivity index (χ0v) is 12.5. The van der Waals surface area contributed by atoms with Gasteiger partial charge < -0.3 is 20.5 Å². The van der Waals surface area contributed by atoms with E-state index in [1.165, 1.54) is 6.42 Å². The molecule has 2 rings (SSSR count). The van der Waals surface area contributed by atoms with Gasteiger partial charge in [0.05, 0.1) is 18.9 Å². The van der Waals surface area contributed by atoms with E-state index < -0.39 is 0 Å². The first kappa shape index (κ1) is 15.0. The second-order valence-corrected chi connectivity index (χ2v) is 5.29. The summed E-state index contributed by atoms with van der Waals surface area (Å²) in [5.74, 6) is 1.76. The molecule has 0 heterocycles. The molecule has 2 unspecified atom stereocenters. The Morgan fingerprint density at radius 2 is 2.00 bits per heavy atom. The molecule has 1 fully saturated rings. The summed E-state index contributed by atoms with van der Waals surface area (Å²) in [7, 11) is 0. The molecule has 0 aromatic heterocycles. The Bertz CT molecular complexity index is 423. The molecule has 1 aromatic rings. The van der Waals surface area contributed by atoms with Crippen LogP contribution in [0.4, 0.5) is 5.69 Å². The van der Waals surface area contributed by atoms with Crippen LogP contribution in [0.1, 0.15) is 39.5 Å². The summed E-state index contributed by atoms with van der Waals surface area (Å²) in [5.41, 5.74) is 7.07. The summed E-state index contributed by atoms with van der Waals surface area (Å²) in [6, 6.07) is 6.68. The lowest BCUT2D eigenvalue weighted by atomic mass is 9.91. The Kier molecular flexibility index (Phi) is 5.53. The van der Waals surface area contributed by atoms with E-state index in [2.05, 4.69) is 5.32 Å². The van der Waals surface area contributed by atoms with E-state index in [0.717, 1.165) is 36.4 Å². The molecule has 0 radical (unpaired) electrons. The topological polar surface area (TPSA) is 56.5 Å². The van der Waals surface area contributed by atoms with Crippen molar-refractivity contribution < 1.29 is 9.47 Å². The van der Waals surface area contributed by atoms with Crippen molar-refractivity contribution in [3.63, 3.8) is 0 Å². The molecule has 1 aromatic carbocycles. The largest absolute Gasteiger partial charge is 0.494 e. The maximum Gasteiger partial charge on any atom is 0.142 e. The number of ether oxygens (including phenoxy) is 2. The van der Waals surface area contributed by atoms with Crippen molar-refractivity contribution in [2.24, 2.45) is 5.73 Å². The summed E-state index contributed by atoms with van der Waals surface area (Å²) in [4.78, 5) is 0. The summed E-state index contributed by atoms with van der Waals surface area (Å²) >= 11 is 0. The zero-order valence-electron chi connectivity index (χ0n) is 12.5. The van der Waals surface area contributed by atoms with Gasteiger partial charge in [-0.1, -0.05) is 0 Å². The van der Waals surface area contributed by atoms with Gasteiger partial charge in [-0.25, -0.2) is 0 Å². The minimum absolute atomic E-state index is 0.312. The van der Waals surface area contributed by atoms with Gasteiger partial charge in [-0.3, -0.25) is 0 Å². The Morgan fingerprint density at radius 3 is 2.70 bits per heavy atom. The number of nitrogens with one attached hydrogen (secondary N) is 1. The van der Waals surface area contributed by atoms with Gasteiger partial charge in [-0.2, -0.15) is 0 Å². The average molecular weight is 278 g/mol. The first-order valence-corrected chi connectivity index (χ1v) is 7.64. The van der Waals surface area contributed by atoms with Gasteiger partial charge in [0.25, 0.3) is 0 Å². The van der Waals surface area contributed by atoms with Gasteiger partial charge in [-0.15, -0.1) is 0 Å². The van der Waals surface area contributed by atoms with Crippen LogP contribution in [0, 0.1) is 0 Å². The van der Waals surface area contributed by atoms with Gasteiger partial charge in [0.1, 0.15) is 11.5 Å². The Labute approximate surface area is 121 Å². The molecule has 4 heteroatoms. The van der Waals surface area contributed by atoms with Gasteiger partial charge in [0.15, 0.2) is 0 Å². The van der Waals surface area contributed by atoms with Crippen molar-refractivity contribution in [3.8, 4) is 11.5 Å². The summed E-state index contributed by atoms with van der Waals surface area (Å²) in [6.45, 7) is 5.31. The fourth-order valence-corrected chi connectivity index (χ4v) is 2.74. The summed E-state index contributed by atoms with van der Waals surface area (Å²) in [6.07, 6.45) is 4.51. The third-order valence-corrected chi connectivity index (χ3v) is 3.64. The van der Waals surface area contributed by atoms with Crippen molar-refractivity contribution in [3.05, 3.63) is 18.2 Å². The number of benzene rings is 1. The lowest BCUT2D eigenvalue weighted by Gasteiger charge is -2.29. The van der Waals surface area contributed by atoms with Crippen molar-refractivity contribution in [1.82, 2.24) is 0 Å². The maximum atomic E-state index is 6.06. The van der Waals surface area contributed by atoms with Gasteiger partial charge >= 0.3 is 0 Å². The smallest absolute Gasteiger partial charge is 0.142 e. The standard InChI is InChI=1S/C16H26N2O2/c1-3-19-14-8-9-16(20-4-2)15(11-14)18-13-7-5-6-12(17)10-13/h8-9,11-13,18H,3-7,10,17H2,1-2H3. The Balaban J connectivity index is 2.11. The normalized spacial score (nSPS) is 22.4. The van der Waals surface area contributed by atoms with E-state index in [4.69, 9.17) is 15.2 Å². The molecular weight excluding hydrogens is 252 g/mol. The maximum absolute atomic E-state index is 6.06. The molecule has 2 atom stereocenters. The highest BCUT2D eigenvalue weighted by Crippen LogP contribution is 2.32. The molecule has 112 valence electrons. The van der Waals surface area contributed by atoms with E-state index in [1.807, 2.05) is 32.0 Å². The quantitative estimate of drug-likeness (QED) is 0.839. The first-order chi connectivity index (χ1) is 9.72. The van der Waals surface area contributed by atoms with Crippen LogP contribution >= 0.6 is 0 Å². The van der Waals surface area contributed by atoms with Crippen LogP contribution in [-0.2, 0) is 0 Å². The van der Waals surface area contributed by atoms with Crippen LogP contribution in [0.5, 0.6) is 11.5 Å². The van der Waals surface area contributed by atoms with E-state index in [1.54, 1.807) is 0 Å². The molecule has 0 amide bonds. The molecule has 0 aliphatic heterocycles. The number of anilines is 1. The minimum atomic E-state index is 0.312. The van der Waals surface area contributed by atoms with Crippen LogP contribution in [0.25, 0.3) is 0 Å². The number of nitrogens with two attached hydrogens (primary N) is 1. The minimum Gasteiger partial charge on any atom is -0.494 e. The molecule has 0 bridgehead atoms. The monoisotopic (exact) mass is 278 g/mol. The molecule has 0 saturated heterocycles. The molecule has 20 heavy (non-hydrogen) atoms. The van der Waals surface area contributed by atoms with Gasteiger partial charge in [0, 0.05) is 18.2 Å². The fraction of sp³-hybridized carbons (Fsp3) is 0.625. The van der Waals surface area contributed by atoms with E-state index in [9.17, 15) is 0 Å². The highest BCUT2D eigenvalue weighted by Gasteiger charge is 2.20. The van der Waals surface area contributed by atoms with Gasteiger partial charge in [0.2, 0.25) is 0 Å². The van der Waals surface area contributed by atoms with Crippen LogP contribution in [0.15, 0.2) is 18.2 Å². The number of hydrogen-bond acceptors (Lipinski definition) is 4. The molecule has 1 saturated carbocycles. The molecule has 0 spiro atoms. The van der Waals surface area contributed by atoms with E-state index in [-0.39, 0.29) is 0 Å². The molecule has 1 aliphatic carbocycles. The van der Waals surface area contributed by atoms with E-state index >= 15 is 0 Å². The average Bonchev–Trinajstić information content (AvgIpc) is 2.42. The Morgan fingerprint density at radius 1 is 1.20 bits per heavy atom. The summed E-state index contributed by atoms with van der Waals surface area (Å²) in [5, 5.41) is 3.58. The number of hydrogen-bond donors (Lipinski definition) is 2. The van der Waals surface area contributed by atoms with Crippen molar-refractivity contribution >= 4 is 5.69 Å². The van der Waals surface area contributed by atoms with Crippen LogP contribution in [0.2, 0.25) is 0 Å². The fourth-order valence-electron chi connectivity index (χ4n) is 2.74. The van der Waals surface area contributed by atoms with Crippen molar-refractivity contribution in [1.29, 1.82) is 0 Å². The third-order valence-electron chi connectivity index (χ3n) is 3.64. The molecule has 4 nitrogen and oxygen atoms in total. The van der Waals surface area contributed by atoms with Gasteiger partial charge in [-0.05, 0) is 51.7 Å². The lowest BCUT2D eigenvalue weighted by molar-refractivity contribution is 0.330. The predicted octanol–water partition coefficient (Wildman–Crippen LogP) is 3.17. The SMILES string of the molecule is CCOc1ccc(OCC)c(NC2CCCC(N)C2)c1. The first-order valence-electron chi connectivity index (χ1n) is 7.64. The predicted molar refractivity (Wildman–Crippen MR) is 82.6 cm³/mol.